The van der Waals surface area contributed by atoms with E-state index >= 15 is 0 Å². The summed E-state index contributed by atoms with van der Waals surface area (Å²) in [6.07, 6.45) is 0. The number of nitrogens with zero attached hydrogens (tertiary/aromatic N) is 2. The summed E-state index contributed by atoms with van der Waals surface area (Å²) in [6.45, 7) is 3.03. The molecule has 2 rings (SSSR count). The maximum absolute atomic E-state index is 12.7. The maximum Gasteiger partial charge on any atom is 0.273 e. The van der Waals surface area contributed by atoms with Crippen molar-refractivity contribution in [3.63, 3.8) is 0 Å². The molecule has 0 saturated heterocycles. The van der Waals surface area contributed by atoms with Gasteiger partial charge in [0.1, 0.15) is 0 Å². The number of hydrogen-bond donors (Lipinski definition) is 1. The van der Waals surface area contributed by atoms with Gasteiger partial charge in [-0.1, -0.05) is 12.1 Å². The van der Waals surface area contributed by atoms with Crippen LogP contribution in [0.3, 0.4) is 0 Å². The van der Waals surface area contributed by atoms with Gasteiger partial charge in [-0.2, -0.15) is 0 Å². The quantitative estimate of drug-likeness (QED) is 0.519. The van der Waals surface area contributed by atoms with E-state index in [2.05, 4.69) is 0 Å². The molecular formula is C14H13N2O6P. The van der Waals surface area contributed by atoms with E-state index in [9.17, 15) is 29.7 Å². The third-order valence-electron chi connectivity index (χ3n) is 3.48. The average molecular weight is 336 g/mol. The van der Waals surface area contributed by atoms with Crippen molar-refractivity contribution in [3.05, 3.63) is 67.8 Å². The lowest BCUT2D eigenvalue weighted by atomic mass is 10.2. The van der Waals surface area contributed by atoms with Crippen LogP contribution in [0.2, 0.25) is 0 Å². The zero-order valence-electron chi connectivity index (χ0n) is 12.3. The first-order chi connectivity index (χ1) is 10.6. The average Bonchev–Trinajstić information content (AvgIpc) is 2.47. The molecule has 8 nitrogen and oxygen atoms in total. The molecular weight excluding hydrogens is 323 g/mol. The summed E-state index contributed by atoms with van der Waals surface area (Å²) in [7, 11) is -4.18. The minimum absolute atomic E-state index is 0.145. The van der Waals surface area contributed by atoms with Crippen molar-refractivity contribution in [3.8, 4) is 0 Å². The Morgan fingerprint density at radius 3 is 1.52 bits per heavy atom. The van der Waals surface area contributed by atoms with Crippen molar-refractivity contribution in [1.29, 1.82) is 0 Å². The third-order valence-corrected chi connectivity index (χ3v) is 5.44. The lowest BCUT2D eigenvalue weighted by Crippen LogP contribution is -2.17. The Morgan fingerprint density at radius 2 is 1.22 bits per heavy atom. The number of rotatable bonds is 4. The minimum atomic E-state index is -4.18. The molecule has 1 N–H and O–H groups in total. The molecule has 0 saturated carbocycles. The normalized spacial score (nSPS) is 11.3. The van der Waals surface area contributed by atoms with Gasteiger partial charge >= 0.3 is 0 Å². The van der Waals surface area contributed by atoms with Gasteiger partial charge in [0.05, 0.1) is 9.85 Å². The molecule has 0 spiro atoms. The number of nitro benzene ring substituents is 2. The van der Waals surface area contributed by atoms with E-state index in [-0.39, 0.29) is 22.0 Å². The minimum Gasteiger partial charge on any atom is -0.338 e. The second-order valence-electron chi connectivity index (χ2n) is 5.03. The molecule has 23 heavy (non-hydrogen) atoms. The van der Waals surface area contributed by atoms with Gasteiger partial charge in [0, 0.05) is 33.9 Å². The van der Waals surface area contributed by atoms with E-state index in [1.54, 1.807) is 0 Å². The van der Waals surface area contributed by atoms with Gasteiger partial charge in [0.2, 0.25) is 0 Å². The Hall–Kier alpha value is -2.57. The van der Waals surface area contributed by atoms with Crippen molar-refractivity contribution in [1.82, 2.24) is 0 Å². The fraction of sp³-hybridized carbons (Fsp3) is 0.143. The Bertz CT molecular complexity index is 797. The molecule has 0 amide bonds. The smallest absolute Gasteiger partial charge is 0.273 e. The van der Waals surface area contributed by atoms with Gasteiger partial charge < -0.3 is 4.89 Å². The first-order valence-corrected chi connectivity index (χ1v) is 8.14. The van der Waals surface area contributed by atoms with Crippen molar-refractivity contribution >= 4 is 29.4 Å². The second kappa shape index (κ2) is 5.91. The topological polar surface area (TPSA) is 124 Å². The van der Waals surface area contributed by atoms with E-state index in [1.807, 2.05) is 0 Å². The summed E-state index contributed by atoms with van der Waals surface area (Å²) in [5.74, 6) is 0. The molecule has 0 unspecified atom stereocenters. The zero-order valence-corrected chi connectivity index (χ0v) is 13.2. The number of benzene rings is 2. The first-order valence-electron chi connectivity index (χ1n) is 6.48. The van der Waals surface area contributed by atoms with Crippen LogP contribution < -0.4 is 10.6 Å². The largest absolute Gasteiger partial charge is 0.338 e. The Balaban J connectivity index is 2.61. The number of hydrogen-bond acceptors (Lipinski definition) is 5. The molecule has 0 bridgehead atoms. The predicted molar refractivity (Wildman–Crippen MR) is 84.8 cm³/mol. The van der Waals surface area contributed by atoms with E-state index in [4.69, 9.17) is 0 Å². The van der Waals surface area contributed by atoms with Crippen molar-refractivity contribution in [2.75, 3.05) is 0 Å². The highest BCUT2D eigenvalue weighted by atomic mass is 31.2. The second-order valence-corrected chi connectivity index (χ2v) is 7.22. The highest BCUT2D eigenvalue weighted by Crippen LogP contribution is 2.40. The molecule has 9 heteroatoms. The Kier molecular flexibility index (Phi) is 4.31. The summed E-state index contributed by atoms with van der Waals surface area (Å²) in [5, 5.41) is 21.7. The van der Waals surface area contributed by atoms with Crippen molar-refractivity contribution in [2.24, 2.45) is 0 Å². The molecule has 0 radical (unpaired) electrons. The van der Waals surface area contributed by atoms with Gasteiger partial charge in [0.25, 0.3) is 18.7 Å². The van der Waals surface area contributed by atoms with Crippen LogP contribution in [0.1, 0.15) is 11.1 Å². The Morgan fingerprint density at radius 1 is 0.870 bits per heavy atom. The molecule has 0 aromatic heterocycles. The van der Waals surface area contributed by atoms with Crippen LogP contribution in [0.5, 0.6) is 0 Å². The molecule has 0 heterocycles. The lowest BCUT2D eigenvalue weighted by Gasteiger charge is -2.13. The lowest BCUT2D eigenvalue weighted by molar-refractivity contribution is -0.385. The summed E-state index contributed by atoms with van der Waals surface area (Å²) in [4.78, 5) is 31.0. The van der Waals surface area contributed by atoms with Crippen molar-refractivity contribution < 1.29 is 19.3 Å². The number of nitro groups is 2. The Labute approximate surface area is 131 Å². The third kappa shape index (κ3) is 3.13. The van der Waals surface area contributed by atoms with E-state index < -0.39 is 17.2 Å². The molecule has 0 aliphatic rings. The molecule has 0 fully saturated rings. The monoisotopic (exact) mass is 336 g/mol. The highest BCUT2D eigenvalue weighted by molar-refractivity contribution is 7.73. The van der Waals surface area contributed by atoms with Gasteiger partial charge in [-0.05, 0) is 26.0 Å². The fourth-order valence-corrected chi connectivity index (χ4v) is 3.56. The summed E-state index contributed by atoms with van der Waals surface area (Å²) in [5.41, 5.74) is 0.152. The van der Waals surface area contributed by atoms with E-state index in [0.717, 1.165) is 12.1 Å². The van der Waals surface area contributed by atoms with Gasteiger partial charge in [-0.15, -0.1) is 0 Å². The van der Waals surface area contributed by atoms with Crippen LogP contribution in [0.15, 0.2) is 36.4 Å². The summed E-state index contributed by atoms with van der Waals surface area (Å²) in [6, 6.07) is 7.44. The molecule has 0 aliphatic carbocycles. The van der Waals surface area contributed by atoms with Gasteiger partial charge in [-0.25, -0.2) is 0 Å². The van der Waals surface area contributed by atoms with Crippen molar-refractivity contribution in [2.45, 2.75) is 13.8 Å². The fourth-order valence-electron chi connectivity index (χ4n) is 2.12. The zero-order chi connectivity index (χ0) is 17.4. The maximum atomic E-state index is 12.7. The van der Waals surface area contributed by atoms with Crippen LogP contribution >= 0.6 is 7.37 Å². The SMILES string of the molecule is Cc1ccc(P(=O)(O)c2ccc(C)c([N+](=O)[O-])c2)cc1[N+](=O)[O-]. The first kappa shape index (κ1) is 16.8. The number of aryl methyl sites for hydroxylation is 2. The summed E-state index contributed by atoms with van der Waals surface area (Å²) >= 11 is 0. The van der Waals surface area contributed by atoms with Crippen LogP contribution in [0, 0.1) is 34.1 Å². The molecule has 0 aliphatic heterocycles. The molecule has 0 atom stereocenters. The van der Waals surface area contributed by atoms with Crippen LogP contribution in [0.25, 0.3) is 0 Å². The molecule has 120 valence electrons. The highest BCUT2D eigenvalue weighted by Gasteiger charge is 2.29. The van der Waals surface area contributed by atoms with E-state index in [0.29, 0.717) is 11.1 Å². The standard InChI is InChI=1S/C14H13N2O6P/c1-9-3-5-11(7-13(9)15(17)18)23(21,22)12-6-4-10(2)14(8-12)16(19)20/h3-8H,1-2H3,(H,21,22). The summed E-state index contributed by atoms with van der Waals surface area (Å²) < 4.78 is 12.7. The van der Waals surface area contributed by atoms with Crippen LogP contribution in [-0.2, 0) is 4.57 Å². The van der Waals surface area contributed by atoms with Gasteiger partial charge in [0.15, 0.2) is 0 Å². The van der Waals surface area contributed by atoms with Gasteiger partial charge in [-0.3, -0.25) is 24.8 Å². The van der Waals surface area contributed by atoms with E-state index in [1.165, 1.54) is 38.1 Å². The molecule has 2 aromatic rings. The van der Waals surface area contributed by atoms with Crippen LogP contribution in [0.4, 0.5) is 11.4 Å². The predicted octanol–water partition coefficient (Wildman–Crippen LogP) is 2.34. The van der Waals surface area contributed by atoms with Crippen LogP contribution in [-0.4, -0.2) is 14.7 Å². The molecule has 2 aromatic carbocycles.